The summed E-state index contributed by atoms with van der Waals surface area (Å²) in [4.78, 5) is 21.4. The van der Waals surface area contributed by atoms with Crippen LogP contribution in [0.1, 0.15) is 5.76 Å². The summed E-state index contributed by atoms with van der Waals surface area (Å²) in [5.41, 5.74) is 1.65. The molecule has 184 valence electrons. The van der Waals surface area contributed by atoms with Gasteiger partial charge in [0.05, 0.1) is 13.2 Å². The molecule has 0 amide bonds. The Morgan fingerprint density at radius 2 is 1.77 bits per heavy atom. The molecule has 6 rings (SSSR count). The molecule has 0 radical (unpaired) electrons. The minimum Gasteiger partial charge on any atom is -0.483 e. The van der Waals surface area contributed by atoms with E-state index >= 15 is 0 Å². The third kappa shape index (κ3) is 4.81. The molecule has 2 aliphatic rings. The van der Waals surface area contributed by atoms with Gasteiger partial charge in [0, 0.05) is 43.2 Å². The van der Waals surface area contributed by atoms with Gasteiger partial charge in [0.1, 0.15) is 11.3 Å². The Morgan fingerprint density at radius 1 is 1.03 bits per heavy atom. The number of nitrogens with zero attached hydrogens (tertiary/aromatic N) is 5. The molecule has 5 heterocycles. The molecule has 0 spiro atoms. The van der Waals surface area contributed by atoms with E-state index in [9.17, 15) is 5.11 Å². The first-order valence-electron chi connectivity index (χ1n) is 11.1. The number of hydrogen-bond donors (Lipinski definition) is 3. The molecule has 3 aromatic heterocycles. The summed E-state index contributed by atoms with van der Waals surface area (Å²) >= 11 is 0. The first-order chi connectivity index (χ1) is 17.1. The number of likely N-dealkylation sites (tertiary alicyclic amines) is 1. The fourth-order valence-corrected chi connectivity index (χ4v) is 5.17. The van der Waals surface area contributed by atoms with Gasteiger partial charge in [-0.05, 0) is 30.2 Å². The minimum atomic E-state index is -0.250. The van der Waals surface area contributed by atoms with E-state index in [1.807, 2.05) is 47.0 Å². The second kappa shape index (κ2) is 10.5. The van der Waals surface area contributed by atoms with Gasteiger partial charge in [0.25, 0.3) is 12.9 Å². The van der Waals surface area contributed by atoms with Crippen LogP contribution in [0, 0.1) is 11.3 Å². The van der Waals surface area contributed by atoms with Gasteiger partial charge >= 0.3 is 0 Å². The van der Waals surface area contributed by atoms with Crippen LogP contribution in [0.25, 0.3) is 16.6 Å². The van der Waals surface area contributed by atoms with Crippen LogP contribution in [0.3, 0.4) is 0 Å². The number of para-hydroxylation sites is 1. The van der Waals surface area contributed by atoms with Crippen molar-refractivity contribution >= 4 is 35.5 Å². The van der Waals surface area contributed by atoms with Gasteiger partial charge < -0.3 is 24.6 Å². The smallest absolute Gasteiger partial charge is 0.290 e. The van der Waals surface area contributed by atoms with Crippen molar-refractivity contribution in [3.8, 4) is 0 Å². The van der Waals surface area contributed by atoms with Crippen LogP contribution >= 0.6 is 0 Å². The highest BCUT2D eigenvalue weighted by atomic mass is 16.4. The lowest BCUT2D eigenvalue weighted by Crippen LogP contribution is -2.37. The van der Waals surface area contributed by atoms with Gasteiger partial charge in [-0.15, -0.1) is 10.2 Å². The van der Waals surface area contributed by atoms with Gasteiger partial charge in [-0.1, -0.05) is 24.3 Å². The number of fused-ring (bicyclic) bond motifs is 3. The average molecular weight is 482 g/mol. The molecule has 35 heavy (non-hydrogen) atoms. The number of aliphatic hydroxyl groups is 1. The number of anilines is 1. The maximum absolute atomic E-state index is 10.3. The van der Waals surface area contributed by atoms with Crippen molar-refractivity contribution in [3.05, 3.63) is 60.5 Å². The summed E-state index contributed by atoms with van der Waals surface area (Å²) in [6, 6.07) is 16.2. The van der Waals surface area contributed by atoms with Crippen molar-refractivity contribution in [1.82, 2.24) is 19.5 Å². The van der Waals surface area contributed by atoms with Gasteiger partial charge in [-0.2, -0.15) is 0 Å². The lowest BCUT2D eigenvalue weighted by Gasteiger charge is -2.27. The van der Waals surface area contributed by atoms with Gasteiger partial charge in [-0.3, -0.25) is 18.9 Å². The van der Waals surface area contributed by atoms with E-state index in [0.29, 0.717) is 5.92 Å². The Morgan fingerprint density at radius 3 is 2.49 bits per heavy atom. The van der Waals surface area contributed by atoms with Gasteiger partial charge in [0.15, 0.2) is 5.65 Å². The van der Waals surface area contributed by atoms with E-state index in [1.165, 1.54) is 0 Å². The second-order valence-electron chi connectivity index (χ2n) is 8.66. The molecular formula is C24H27N5O6. The van der Waals surface area contributed by atoms with Crippen LogP contribution < -0.4 is 4.90 Å². The summed E-state index contributed by atoms with van der Waals surface area (Å²) < 4.78 is 8.04. The Labute approximate surface area is 200 Å². The number of rotatable bonds is 4. The SMILES string of the molecule is O=CO.O=CO.OCC12CN(Cc3cc4ccccc4o3)CC1CN(c1nnc3ccccn13)C2. The number of carboxylic acid groups (broad SMARTS) is 2. The predicted molar refractivity (Wildman–Crippen MR) is 127 cm³/mol. The van der Waals surface area contributed by atoms with Crippen LogP contribution in [0.5, 0.6) is 0 Å². The monoisotopic (exact) mass is 481 g/mol. The van der Waals surface area contributed by atoms with Crippen molar-refractivity contribution in [2.24, 2.45) is 11.3 Å². The maximum Gasteiger partial charge on any atom is 0.290 e. The maximum atomic E-state index is 10.3. The Kier molecular flexibility index (Phi) is 7.28. The first-order valence-corrected chi connectivity index (χ1v) is 11.1. The molecule has 11 heteroatoms. The van der Waals surface area contributed by atoms with E-state index in [4.69, 9.17) is 24.2 Å². The highest BCUT2D eigenvalue weighted by Gasteiger charge is 2.52. The summed E-state index contributed by atoms with van der Waals surface area (Å²) in [5.74, 6) is 2.25. The molecule has 3 N–H and O–H groups in total. The molecule has 0 saturated carbocycles. The molecule has 2 saturated heterocycles. The number of aliphatic hydroxyl groups excluding tert-OH is 1. The van der Waals surface area contributed by atoms with Crippen molar-refractivity contribution < 1.29 is 29.3 Å². The fraction of sp³-hybridized carbons (Fsp3) is 0.333. The van der Waals surface area contributed by atoms with E-state index in [1.54, 1.807) is 0 Å². The molecule has 4 aromatic rings. The second-order valence-corrected chi connectivity index (χ2v) is 8.66. The predicted octanol–water partition coefficient (Wildman–Crippen LogP) is 1.81. The lowest BCUT2D eigenvalue weighted by atomic mass is 9.82. The van der Waals surface area contributed by atoms with Crippen LogP contribution in [0.2, 0.25) is 0 Å². The van der Waals surface area contributed by atoms with E-state index in [-0.39, 0.29) is 25.0 Å². The third-order valence-corrected chi connectivity index (χ3v) is 6.58. The molecule has 2 fully saturated rings. The third-order valence-electron chi connectivity index (χ3n) is 6.58. The summed E-state index contributed by atoms with van der Waals surface area (Å²) in [6.45, 7) is 3.94. The van der Waals surface area contributed by atoms with Crippen LogP contribution in [-0.4, -0.2) is 80.5 Å². The van der Waals surface area contributed by atoms with Crippen molar-refractivity contribution in [2.75, 3.05) is 37.7 Å². The highest BCUT2D eigenvalue weighted by Crippen LogP contribution is 2.44. The van der Waals surface area contributed by atoms with Crippen molar-refractivity contribution in [2.45, 2.75) is 6.54 Å². The molecule has 2 unspecified atom stereocenters. The molecule has 1 aromatic carbocycles. The number of benzene rings is 1. The van der Waals surface area contributed by atoms with E-state index < -0.39 is 0 Å². The molecule has 11 nitrogen and oxygen atoms in total. The Balaban J connectivity index is 0.000000440. The zero-order valence-corrected chi connectivity index (χ0v) is 19.0. The average Bonchev–Trinajstić information content (AvgIpc) is 3.60. The largest absolute Gasteiger partial charge is 0.483 e. The molecule has 2 aliphatic heterocycles. The topological polar surface area (TPSA) is 145 Å². The molecule has 0 aliphatic carbocycles. The zero-order chi connectivity index (χ0) is 24.8. The number of carbonyl (C=O) groups is 2. The summed E-state index contributed by atoms with van der Waals surface area (Å²) in [5, 5.41) is 33.9. The molecule has 2 atom stereocenters. The number of furan rings is 1. The zero-order valence-electron chi connectivity index (χ0n) is 19.0. The highest BCUT2D eigenvalue weighted by molar-refractivity contribution is 5.77. The van der Waals surface area contributed by atoms with E-state index in [2.05, 4.69) is 32.1 Å². The van der Waals surface area contributed by atoms with Crippen molar-refractivity contribution in [1.29, 1.82) is 0 Å². The van der Waals surface area contributed by atoms with Crippen LogP contribution in [0.15, 0.2) is 59.1 Å². The number of aromatic nitrogens is 3. The molecular weight excluding hydrogens is 454 g/mol. The van der Waals surface area contributed by atoms with Crippen LogP contribution in [-0.2, 0) is 16.1 Å². The minimum absolute atomic E-state index is 0.132. The van der Waals surface area contributed by atoms with Crippen molar-refractivity contribution in [3.63, 3.8) is 0 Å². The Hall–Kier alpha value is -3.96. The molecule has 0 bridgehead atoms. The standard InChI is InChI=1S/C22H23N5O2.2CH2O2/c28-15-22-13-25(12-18-9-16-5-1-2-6-19(16)29-18)10-17(22)11-26(14-22)21-24-23-20-7-3-4-8-27(20)21;2*2-1-3/h1-9,17,28H,10-15H2;2*1H,(H,2,3). The summed E-state index contributed by atoms with van der Waals surface area (Å²) in [7, 11) is 0. The lowest BCUT2D eigenvalue weighted by molar-refractivity contribution is -0.123. The van der Waals surface area contributed by atoms with E-state index in [0.717, 1.165) is 61.0 Å². The van der Waals surface area contributed by atoms with Gasteiger partial charge in [-0.25, -0.2) is 0 Å². The van der Waals surface area contributed by atoms with Crippen LogP contribution in [0.4, 0.5) is 5.95 Å². The Bertz CT molecular complexity index is 1250. The number of hydrogen-bond acceptors (Lipinski definition) is 8. The fourth-order valence-electron chi connectivity index (χ4n) is 5.17. The quantitative estimate of drug-likeness (QED) is 0.369. The number of pyridine rings is 1. The normalized spacial score (nSPS) is 21.2. The first kappa shape index (κ1) is 24.2. The summed E-state index contributed by atoms with van der Waals surface area (Å²) in [6.07, 6.45) is 2.00. The van der Waals surface area contributed by atoms with Gasteiger partial charge in [0.2, 0.25) is 5.95 Å².